The molecule has 10 heteroatoms. The molecule has 7 nitrogen and oxygen atoms in total. The molecule has 0 aliphatic heterocycles. The number of rotatable bonds is 6. The van der Waals surface area contributed by atoms with Crippen molar-refractivity contribution in [3.63, 3.8) is 0 Å². The first-order valence-corrected chi connectivity index (χ1v) is 10.6. The molecule has 0 radical (unpaired) electrons. The summed E-state index contributed by atoms with van der Waals surface area (Å²) in [5.74, 6) is -0.442. The van der Waals surface area contributed by atoms with Crippen molar-refractivity contribution in [3.8, 4) is 5.69 Å². The molecule has 0 unspecified atom stereocenters. The van der Waals surface area contributed by atoms with E-state index in [1.165, 1.54) is 36.0 Å². The molecular weight excluding hydrogens is 471 g/mol. The zero-order valence-corrected chi connectivity index (χ0v) is 17.8. The van der Waals surface area contributed by atoms with Crippen LogP contribution >= 0.6 is 27.7 Å². The van der Waals surface area contributed by atoms with Crippen LogP contribution in [0, 0.1) is 5.82 Å². The number of carbonyl (C=O) groups is 1. The van der Waals surface area contributed by atoms with Crippen molar-refractivity contribution in [2.75, 3.05) is 5.32 Å². The normalized spacial score (nSPS) is 10.7. The van der Waals surface area contributed by atoms with Gasteiger partial charge in [-0.1, -0.05) is 32.9 Å². The van der Waals surface area contributed by atoms with E-state index >= 15 is 0 Å². The third kappa shape index (κ3) is 4.71. The number of thioether (sulfide) groups is 1. The molecule has 1 amide bonds. The number of hydrogen-bond acceptors (Lipinski definition) is 6. The Morgan fingerprint density at radius 1 is 1.07 bits per heavy atom. The van der Waals surface area contributed by atoms with E-state index in [0.717, 1.165) is 10.2 Å². The standard InChI is InChI=1S/C20H14BrFN6OS/c21-13-2-8-16(9-3-13)28-17(12-30-20-23-10-1-11-24-20)18(26-27-28)19(29)25-15-6-4-14(22)5-7-15/h1-11H,12H2,(H,25,29). The minimum atomic E-state index is -0.436. The molecule has 30 heavy (non-hydrogen) atoms. The second-order valence-corrected chi connectivity index (χ2v) is 7.91. The van der Waals surface area contributed by atoms with Gasteiger partial charge in [-0.05, 0) is 54.6 Å². The highest BCUT2D eigenvalue weighted by atomic mass is 79.9. The highest BCUT2D eigenvalue weighted by molar-refractivity contribution is 9.10. The molecule has 4 aromatic rings. The fourth-order valence-corrected chi connectivity index (χ4v) is 3.67. The number of hydrogen-bond donors (Lipinski definition) is 1. The number of anilines is 1. The van der Waals surface area contributed by atoms with Gasteiger partial charge in [0.1, 0.15) is 5.82 Å². The molecule has 0 aliphatic carbocycles. The van der Waals surface area contributed by atoms with E-state index in [9.17, 15) is 9.18 Å². The number of aromatic nitrogens is 5. The maximum atomic E-state index is 13.1. The van der Waals surface area contributed by atoms with Crippen molar-refractivity contribution >= 4 is 39.3 Å². The lowest BCUT2D eigenvalue weighted by molar-refractivity contribution is 0.102. The Kier molecular flexibility index (Phi) is 6.15. The lowest BCUT2D eigenvalue weighted by atomic mass is 10.2. The highest BCUT2D eigenvalue weighted by Gasteiger charge is 2.21. The van der Waals surface area contributed by atoms with Crippen molar-refractivity contribution in [1.29, 1.82) is 0 Å². The minimum Gasteiger partial charge on any atom is -0.321 e. The average molecular weight is 485 g/mol. The second-order valence-electron chi connectivity index (χ2n) is 6.05. The molecule has 0 bridgehead atoms. The van der Waals surface area contributed by atoms with E-state index < -0.39 is 5.91 Å². The van der Waals surface area contributed by atoms with Crippen molar-refractivity contribution in [3.05, 3.63) is 88.7 Å². The molecule has 0 aliphatic rings. The van der Waals surface area contributed by atoms with Crippen LogP contribution in [0.15, 0.2) is 76.6 Å². The fourth-order valence-electron chi connectivity index (χ4n) is 2.61. The molecule has 0 saturated carbocycles. The molecule has 0 saturated heterocycles. The van der Waals surface area contributed by atoms with E-state index in [0.29, 0.717) is 22.3 Å². The third-order valence-electron chi connectivity index (χ3n) is 4.03. The Hall–Kier alpha value is -3.11. The summed E-state index contributed by atoms with van der Waals surface area (Å²) in [5, 5.41) is 11.6. The van der Waals surface area contributed by atoms with Crippen LogP contribution in [0.2, 0.25) is 0 Å². The van der Waals surface area contributed by atoms with E-state index in [4.69, 9.17) is 0 Å². The van der Waals surface area contributed by atoms with Gasteiger partial charge in [0, 0.05) is 28.3 Å². The van der Waals surface area contributed by atoms with Crippen molar-refractivity contribution in [1.82, 2.24) is 25.0 Å². The lowest BCUT2D eigenvalue weighted by Crippen LogP contribution is -2.15. The SMILES string of the molecule is O=C(Nc1ccc(F)cc1)c1nnn(-c2ccc(Br)cc2)c1CSc1ncccn1. The Morgan fingerprint density at radius 3 is 2.47 bits per heavy atom. The minimum absolute atomic E-state index is 0.172. The number of halogens is 2. The Morgan fingerprint density at radius 2 is 1.77 bits per heavy atom. The monoisotopic (exact) mass is 484 g/mol. The van der Waals surface area contributed by atoms with Crippen LogP contribution < -0.4 is 5.32 Å². The summed E-state index contributed by atoms with van der Waals surface area (Å²) in [4.78, 5) is 21.3. The van der Waals surface area contributed by atoms with Crippen LogP contribution in [0.25, 0.3) is 5.69 Å². The van der Waals surface area contributed by atoms with Crippen molar-refractivity contribution < 1.29 is 9.18 Å². The average Bonchev–Trinajstić information content (AvgIpc) is 3.19. The first-order chi connectivity index (χ1) is 14.6. The number of carbonyl (C=O) groups excluding carboxylic acids is 1. The molecule has 2 aromatic heterocycles. The largest absolute Gasteiger partial charge is 0.321 e. The summed E-state index contributed by atoms with van der Waals surface area (Å²) in [6.07, 6.45) is 3.31. The Labute approximate surface area is 183 Å². The van der Waals surface area contributed by atoms with Crippen molar-refractivity contribution in [2.24, 2.45) is 0 Å². The molecule has 0 atom stereocenters. The van der Waals surface area contributed by atoms with E-state index in [2.05, 4.69) is 41.5 Å². The van der Waals surface area contributed by atoms with E-state index in [1.807, 2.05) is 24.3 Å². The summed E-state index contributed by atoms with van der Waals surface area (Å²) >= 11 is 4.78. The number of amides is 1. The van der Waals surface area contributed by atoms with Gasteiger partial charge in [-0.25, -0.2) is 19.0 Å². The summed E-state index contributed by atoms with van der Waals surface area (Å²) in [6, 6.07) is 14.8. The molecule has 4 rings (SSSR count). The summed E-state index contributed by atoms with van der Waals surface area (Å²) in [6.45, 7) is 0. The van der Waals surface area contributed by atoms with Gasteiger partial charge in [0.25, 0.3) is 5.91 Å². The summed E-state index contributed by atoms with van der Waals surface area (Å²) in [7, 11) is 0. The first-order valence-electron chi connectivity index (χ1n) is 8.77. The lowest BCUT2D eigenvalue weighted by Gasteiger charge is -2.08. The summed E-state index contributed by atoms with van der Waals surface area (Å²) in [5.41, 5.74) is 1.99. The van der Waals surface area contributed by atoms with Crippen LogP contribution in [0.4, 0.5) is 10.1 Å². The zero-order chi connectivity index (χ0) is 20.9. The second kappa shape index (κ2) is 9.14. The van der Waals surface area contributed by atoms with Gasteiger partial charge in [-0.3, -0.25) is 4.79 Å². The van der Waals surface area contributed by atoms with Crippen LogP contribution in [-0.4, -0.2) is 30.9 Å². The topological polar surface area (TPSA) is 85.6 Å². The third-order valence-corrected chi connectivity index (χ3v) is 5.45. The van der Waals surface area contributed by atoms with Crippen LogP contribution in [-0.2, 0) is 5.75 Å². The predicted molar refractivity (Wildman–Crippen MR) is 115 cm³/mol. The predicted octanol–water partition coefficient (Wildman–Crippen LogP) is 4.50. The van der Waals surface area contributed by atoms with E-state index in [1.54, 1.807) is 23.1 Å². The van der Waals surface area contributed by atoms with Gasteiger partial charge in [-0.2, -0.15) is 0 Å². The van der Waals surface area contributed by atoms with Crippen LogP contribution in [0.3, 0.4) is 0 Å². The Bertz CT molecular complexity index is 1150. The molecule has 2 aromatic carbocycles. The molecule has 0 fully saturated rings. The molecule has 2 heterocycles. The number of nitrogens with zero attached hydrogens (tertiary/aromatic N) is 5. The molecule has 0 spiro atoms. The Balaban J connectivity index is 1.65. The molecule has 1 N–H and O–H groups in total. The number of nitrogens with one attached hydrogen (secondary N) is 1. The fraction of sp³-hybridized carbons (Fsp3) is 0.0500. The smallest absolute Gasteiger partial charge is 0.278 e. The quantitative estimate of drug-likeness (QED) is 0.320. The van der Waals surface area contributed by atoms with Gasteiger partial charge >= 0.3 is 0 Å². The first kappa shape index (κ1) is 20.2. The maximum absolute atomic E-state index is 13.1. The molecular formula is C20H14BrFN6OS. The van der Waals surface area contributed by atoms with Crippen LogP contribution in [0.1, 0.15) is 16.2 Å². The molecule has 150 valence electrons. The van der Waals surface area contributed by atoms with Gasteiger partial charge in [0.05, 0.1) is 11.4 Å². The highest BCUT2D eigenvalue weighted by Crippen LogP contribution is 2.24. The maximum Gasteiger partial charge on any atom is 0.278 e. The number of benzene rings is 2. The van der Waals surface area contributed by atoms with E-state index in [-0.39, 0.29) is 11.5 Å². The summed E-state index contributed by atoms with van der Waals surface area (Å²) < 4.78 is 15.7. The van der Waals surface area contributed by atoms with Gasteiger partial charge < -0.3 is 5.32 Å². The zero-order valence-electron chi connectivity index (χ0n) is 15.4. The van der Waals surface area contributed by atoms with Gasteiger partial charge in [0.2, 0.25) is 0 Å². The van der Waals surface area contributed by atoms with Gasteiger partial charge in [0.15, 0.2) is 10.9 Å². The van der Waals surface area contributed by atoms with Crippen LogP contribution in [0.5, 0.6) is 0 Å². The van der Waals surface area contributed by atoms with Gasteiger partial charge in [-0.15, -0.1) is 5.10 Å². The van der Waals surface area contributed by atoms with Crippen molar-refractivity contribution in [2.45, 2.75) is 10.9 Å².